The normalized spacial score (nSPS) is 44.6. The van der Waals surface area contributed by atoms with Crippen molar-refractivity contribution < 1.29 is 19.8 Å². The Morgan fingerprint density at radius 2 is 2.00 bits per heavy atom. The molecule has 2 saturated carbocycles. The molecule has 0 radical (unpaired) electrons. The summed E-state index contributed by atoms with van der Waals surface area (Å²) >= 11 is 0. The van der Waals surface area contributed by atoms with Gasteiger partial charge in [0.1, 0.15) is 0 Å². The summed E-state index contributed by atoms with van der Waals surface area (Å²) in [5.41, 5.74) is 5.38. The summed E-state index contributed by atoms with van der Waals surface area (Å²) in [5.74, 6) is -3.95. The zero-order chi connectivity index (χ0) is 10.7. The van der Waals surface area contributed by atoms with E-state index in [1.807, 2.05) is 0 Å². The highest BCUT2D eigenvalue weighted by atomic mass is 16.4. The van der Waals surface area contributed by atoms with Crippen LogP contribution in [0.3, 0.4) is 0 Å². The SMILES string of the molecule is C=C1CC(C(=O)O)C2(N)C1C2C(=O)O. The number of carboxylic acid groups (broad SMARTS) is 2. The predicted molar refractivity (Wildman–Crippen MR) is 46.4 cm³/mol. The Morgan fingerprint density at radius 3 is 2.36 bits per heavy atom. The van der Waals surface area contributed by atoms with Crippen LogP contribution in [0.5, 0.6) is 0 Å². The van der Waals surface area contributed by atoms with E-state index < -0.39 is 29.3 Å². The number of hydrogen-bond acceptors (Lipinski definition) is 3. The number of carboxylic acids is 2. The minimum absolute atomic E-state index is 0.306. The molecule has 14 heavy (non-hydrogen) atoms. The van der Waals surface area contributed by atoms with E-state index in [9.17, 15) is 9.59 Å². The Labute approximate surface area is 80.2 Å². The lowest BCUT2D eigenvalue weighted by Gasteiger charge is -2.15. The van der Waals surface area contributed by atoms with Crippen LogP contribution in [0.4, 0.5) is 0 Å². The molecule has 0 aromatic carbocycles. The molecule has 2 aliphatic carbocycles. The van der Waals surface area contributed by atoms with Crippen molar-refractivity contribution in [2.24, 2.45) is 23.5 Å². The Kier molecular flexibility index (Phi) is 1.55. The lowest BCUT2D eigenvalue weighted by Crippen LogP contribution is -2.39. The molecule has 0 bridgehead atoms. The summed E-state index contributed by atoms with van der Waals surface area (Å²) < 4.78 is 0. The van der Waals surface area contributed by atoms with Gasteiger partial charge in [-0.15, -0.1) is 0 Å². The van der Waals surface area contributed by atoms with Crippen molar-refractivity contribution in [1.82, 2.24) is 0 Å². The average molecular weight is 197 g/mol. The van der Waals surface area contributed by atoms with Crippen molar-refractivity contribution in [3.63, 3.8) is 0 Å². The van der Waals surface area contributed by atoms with E-state index in [0.717, 1.165) is 0 Å². The fourth-order valence-corrected chi connectivity index (χ4v) is 2.67. The minimum Gasteiger partial charge on any atom is -0.481 e. The Balaban J connectivity index is 2.33. The van der Waals surface area contributed by atoms with E-state index >= 15 is 0 Å². The van der Waals surface area contributed by atoms with Crippen LogP contribution in [0.1, 0.15) is 6.42 Å². The number of carbonyl (C=O) groups is 2. The number of hydrogen-bond donors (Lipinski definition) is 3. The molecule has 4 unspecified atom stereocenters. The van der Waals surface area contributed by atoms with Crippen molar-refractivity contribution >= 4 is 11.9 Å². The Morgan fingerprint density at radius 1 is 1.43 bits per heavy atom. The zero-order valence-corrected chi connectivity index (χ0v) is 7.43. The van der Waals surface area contributed by atoms with Crippen LogP contribution in [0.25, 0.3) is 0 Å². The highest BCUT2D eigenvalue weighted by Crippen LogP contribution is 2.64. The van der Waals surface area contributed by atoms with Gasteiger partial charge in [-0.3, -0.25) is 9.59 Å². The molecule has 2 rings (SSSR count). The van der Waals surface area contributed by atoms with Crippen LogP contribution in [0.2, 0.25) is 0 Å². The molecule has 0 aromatic rings. The first kappa shape index (κ1) is 9.21. The van der Waals surface area contributed by atoms with Crippen molar-refractivity contribution in [3.05, 3.63) is 12.2 Å². The number of aliphatic carboxylic acids is 2. The van der Waals surface area contributed by atoms with Crippen molar-refractivity contribution in [3.8, 4) is 0 Å². The molecule has 0 aromatic heterocycles. The van der Waals surface area contributed by atoms with Gasteiger partial charge < -0.3 is 15.9 Å². The third kappa shape index (κ3) is 0.824. The predicted octanol–water partition coefficient (Wildman–Crippen LogP) is -0.325. The van der Waals surface area contributed by atoms with Crippen molar-refractivity contribution in [2.75, 3.05) is 0 Å². The third-order valence-electron chi connectivity index (χ3n) is 3.38. The maximum atomic E-state index is 10.8. The first-order valence-electron chi connectivity index (χ1n) is 4.32. The molecule has 4 N–H and O–H groups in total. The van der Waals surface area contributed by atoms with Gasteiger partial charge in [0.2, 0.25) is 0 Å². The van der Waals surface area contributed by atoms with Gasteiger partial charge in [0.15, 0.2) is 0 Å². The molecular weight excluding hydrogens is 186 g/mol. The van der Waals surface area contributed by atoms with E-state index in [4.69, 9.17) is 15.9 Å². The van der Waals surface area contributed by atoms with E-state index in [-0.39, 0.29) is 5.92 Å². The second kappa shape index (κ2) is 2.36. The molecule has 5 heteroatoms. The summed E-state index contributed by atoms with van der Waals surface area (Å²) in [7, 11) is 0. The number of rotatable bonds is 2. The van der Waals surface area contributed by atoms with Gasteiger partial charge in [-0.1, -0.05) is 12.2 Å². The highest BCUT2D eigenvalue weighted by molar-refractivity contribution is 5.85. The van der Waals surface area contributed by atoms with Gasteiger partial charge in [0.25, 0.3) is 0 Å². The van der Waals surface area contributed by atoms with Crippen molar-refractivity contribution in [2.45, 2.75) is 12.0 Å². The van der Waals surface area contributed by atoms with Gasteiger partial charge in [0.05, 0.1) is 17.4 Å². The topological polar surface area (TPSA) is 101 Å². The zero-order valence-electron chi connectivity index (χ0n) is 7.43. The van der Waals surface area contributed by atoms with Gasteiger partial charge in [-0.05, 0) is 6.42 Å². The van der Waals surface area contributed by atoms with Crippen LogP contribution in [-0.4, -0.2) is 27.7 Å². The van der Waals surface area contributed by atoms with Crippen LogP contribution in [-0.2, 0) is 9.59 Å². The van der Waals surface area contributed by atoms with Crippen LogP contribution in [0.15, 0.2) is 12.2 Å². The summed E-state index contributed by atoms with van der Waals surface area (Å²) in [4.78, 5) is 21.6. The van der Waals surface area contributed by atoms with E-state index in [0.29, 0.717) is 12.0 Å². The smallest absolute Gasteiger partial charge is 0.309 e. The van der Waals surface area contributed by atoms with Crippen LogP contribution < -0.4 is 5.73 Å². The second-order valence-electron chi connectivity index (χ2n) is 4.05. The van der Waals surface area contributed by atoms with Crippen molar-refractivity contribution in [1.29, 1.82) is 0 Å². The first-order chi connectivity index (χ1) is 6.40. The minimum atomic E-state index is -1.09. The molecule has 2 fully saturated rings. The Bertz CT molecular complexity index is 345. The highest BCUT2D eigenvalue weighted by Gasteiger charge is 2.75. The van der Waals surface area contributed by atoms with Crippen LogP contribution >= 0.6 is 0 Å². The quantitative estimate of drug-likeness (QED) is 0.526. The molecule has 76 valence electrons. The third-order valence-corrected chi connectivity index (χ3v) is 3.38. The summed E-state index contributed by atoms with van der Waals surface area (Å²) in [6.45, 7) is 3.68. The summed E-state index contributed by atoms with van der Waals surface area (Å²) in [6.07, 6.45) is 0.306. The summed E-state index contributed by atoms with van der Waals surface area (Å²) in [6, 6.07) is 0. The van der Waals surface area contributed by atoms with Gasteiger partial charge in [0, 0.05) is 5.92 Å². The standard InChI is InChI=1S/C9H11NO4/c1-3-2-4(7(11)12)9(10)5(3)6(9)8(13)14/h4-6H,1-2,10H2,(H,11,12)(H,13,14). The molecule has 0 spiro atoms. The van der Waals surface area contributed by atoms with Crippen LogP contribution in [0, 0.1) is 17.8 Å². The number of fused-ring (bicyclic) bond motifs is 1. The van der Waals surface area contributed by atoms with Gasteiger partial charge >= 0.3 is 11.9 Å². The molecule has 0 saturated heterocycles. The molecule has 0 amide bonds. The van der Waals surface area contributed by atoms with E-state index in [1.54, 1.807) is 0 Å². The maximum Gasteiger partial charge on any atom is 0.309 e. The maximum absolute atomic E-state index is 10.8. The molecule has 2 aliphatic rings. The monoisotopic (exact) mass is 197 g/mol. The van der Waals surface area contributed by atoms with E-state index in [2.05, 4.69) is 6.58 Å². The molecular formula is C9H11NO4. The van der Waals surface area contributed by atoms with E-state index in [1.165, 1.54) is 0 Å². The second-order valence-corrected chi connectivity index (χ2v) is 4.05. The molecule has 0 heterocycles. The fourth-order valence-electron chi connectivity index (χ4n) is 2.67. The molecule has 5 nitrogen and oxygen atoms in total. The van der Waals surface area contributed by atoms with Gasteiger partial charge in [-0.25, -0.2) is 0 Å². The first-order valence-corrected chi connectivity index (χ1v) is 4.32. The summed E-state index contributed by atoms with van der Waals surface area (Å²) in [5, 5.41) is 17.7. The Hall–Kier alpha value is -1.36. The fraction of sp³-hybridized carbons (Fsp3) is 0.556. The lowest BCUT2D eigenvalue weighted by atomic mass is 9.94. The average Bonchev–Trinajstić information content (AvgIpc) is 2.60. The number of nitrogens with two attached hydrogens (primary N) is 1. The lowest BCUT2D eigenvalue weighted by molar-refractivity contribution is -0.143. The molecule has 4 atom stereocenters. The van der Waals surface area contributed by atoms with Gasteiger partial charge in [-0.2, -0.15) is 0 Å². The molecule has 0 aliphatic heterocycles. The largest absolute Gasteiger partial charge is 0.481 e.